The molecule has 1 N–H and O–H groups in total. The summed E-state index contributed by atoms with van der Waals surface area (Å²) in [6.45, 7) is 9.44. The van der Waals surface area contributed by atoms with Gasteiger partial charge in [-0.15, -0.1) is 0 Å². The maximum Gasteiger partial charge on any atom is 1.00 e. The molecule has 4 aromatic carbocycles. The Morgan fingerprint density at radius 2 is 1.35 bits per heavy atom. The number of aromatic nitrogens is 1. The predicted octanol–water partition coefficient (Wildman–Crippen LogP) is 5.00. The number of carboxylic acids is 1. The van der Waals surface area contributed by atoms with Crippen LogP contribution in [0.2, 0.25) is 0 Å². The minimum absolute atomic E-state index is 0. The van der Waals surface area contributed by atoms with Gasteiger partial charge in [-0.2, -0.15) is 0 Å². The molecule has 46 heavy (non-hydrogen) atoms. The molecule has 0 atom stereocenters. The third kappa shape index (κ3) is 9.00. The number of nitrogens with one attached hydrogen (secondary N) is 1. The van der Waals surface area contributed by atoms with Gasteiger partial charge in [-0.05, 0) is 78.0 Å². The van der Waals surface area contributed by atoms with Crippen LogP contribution in [0, 0.1) is 11.8 Å². The summed E-state index contributed by atoms with van der Waals surface area (Å²) in [7, 11) is 0. The van der Waals surface area contributed by atoms with Crippen molar-refractivity contribution in [2.45, 2.75) is 66.0 Å². The number of hydrogen-bond donors (Lipinski definition) is 1. The van der Waals surface area contributed by atoms with Crippen molar-refractivity contribution in [2.24, 2.45) is 11.8 Å². The molecular weight excluding hydrogens is 579 g/mol. The van der Waals surface area contributed by atoms with Crippen molar-refractivity contribution < 1.29 is 44.3 Å². The average Bonchev–Trinajstić information content (AvgIpc) is 3.38. The van der Waals surface area contributed by atoms with Crippen molar-refractivity contribution in [3.05, 3.63) is 137 Å². The minimum Gasteiger partial charge on any atom is -0.550 e. The fourth-order valence-corrected chi connectivity index (χ4v) is 6.07. The summed E-state index contributed by atoms with van der Waals surface area (Å²) in [5, 5.41) is 15.6. The molecule has 1 heterocycles. The van der Waals surface area contributed by atoms with E-state index in [9.17, 15) is 14.7 Å². The normalized spacial score (nSPS) is 11.3. The first kappa shape index (κ1) is 35.2. The van der Waals surface area contributed by atoms with E-state index in [1.54, 1.807) is 0 Å². The van der Waals surface area contributed by atoms with E-state index in [1.807, 2.05) is 59.3 Å². The predicted molar refractivity (Wildman–Crippen MR) is 181 cm³/mol. The fourth-order valence-electron chi connectivity index (χ4n) is 6.07. The molecule has 0 radical (unpaired) electrons. The first-order chi connectivity index (χ1) is 21.7. The molecule has 0 aliphatic carbocycles. The zero-order valence-electron chi connectivity index (χ0n) is 27.8. The second-order valence-electron chi connectivity index (χ2n) is 12.9. The number of anilines is 1. The van der Waals surface area contributed by atoms with Crippen molar-refractivity contribution in [3.63, 3.8) is 0 Å². The number of fused-ring (bicyclic) bond motifs is 1. The monoisotopic (exact) mass is 622 g/mol. The summed E-state index contributed by atoms with van der Waals surface area (Å²) in [5.74, 6) is 0.0498. The number of rotatable bonds is 14. The SMILES string of the molecule is CC(C)Cc1ccc(C(Nc2cccc(C(=O)c3cn(CCCC(=O)[O-])c4ccccc34)c2)c2ccc(CC(C)C)cc2)cc1.[Na+]. The number of carbonyl (C=O) groups excluding carboxylic acids is 2. The van der Waals surface area contributed by atoms with Crippen LogP contribution in [-0.2, 0) is 24.2 Å². The van der Waals surface area contributed by atoms with Crippen LogP contribution in [0.15, 0.2) is 103 Å². The quantitative estimate of drug-likeness (QED) is 0.140. The first-order valence-corrected chi connectivity index (χ1v) is 16.0. The van der Waals surface area contributed by atoms with Gasteiger partial charge in [0, 0.05) is 46.4 Å². The Balaban J connectivity index is 0.00000480. The van der Waals surface area contributed by atoms with Gasteiger partial charge in [0.2, 0.25) is 0 Å². The second-order valence-corrected chi connectivity index (χ2v) is 12.9. The van der Waals surface area contributed by atoms with Gasteiger partial charge < -0.3 is 19.8 Å². The van der Waals surface area contributed by atoms with Crippen LogP contribution in [0.4, 0.5) is 5.69 Å². The Kier molecular flexibility index (Phi) is 12.5. The number of hydrogen-bond acceptors (Lipinski definition) is 4. The average molecular weight is 623 g/mol. The van der Waals surface area contributed by atoms with Crippen LogP contribution in [0.1, 0.15) is 84.8 Å². The summed E-state index contributed by atoms with van der Waals surface area (Å²) < 4.78 is 1.97. The fraction of sp³-hybridized carbons (Fsp3) is 0.300. The van der Waals surface area contributed by atoms with E-state index < -0.39 is 5.97 Å². The van der Waals surface area contributed by atoms with Crippen molar-refractivity contribution in [1.82, 2.24) is 4.57 Å². The minimum atomic E-state index is -1.07. The van der Waals surface area contributed by atoms with E-state index in [2.05, 4.69) is 81.5 Å². The number of para-hydroxylation sites is 1. The van der Waals surface area contributed by atoms with Crippen LogP contribution in [-0.4, -0.2) is 16.3 Å². The van der Waals surface area contributed by atoms with E-state index in [0.717, 1.165) is 40.6 Å². The summed E-state index contributed by atoms with van der Waals surface area (Å²) in [6, 6.07) is 33.1. The molecule has 0 bridgehead atoms. The Morgan fingerprint density at radius 1 is 0.761 bits per heavy atom. The van der Waals surface area contributed by atoms with Gasteiger partial charge in [-0.1, -0.05) is 107 Å². The van der Waals surface area contributed by atoms with Gasteiger partial charge in [0.05, 0.1) is 6.04 Å². The summed E-state index contributed by atoms with van der Waals surface area (Å²) in [6.07, 6.45) is 4.35. The Hall–Kier alpha value is -3.64. The van der Waals surface area contributed by atoms with Gasteiger partial charge in [0.15, 0.2) is 5.78 Å². The van der Waals surface area contributed by atoms with Crippen LogP contribution in [0.25, 0.3) is 10.9 Å². The van der Waals surface area contributed by atoms with Crippen LogP contribution in [0.5, 0.6) is 0 Å². The molecule has 0 spiro atoms. The summed E-state index contributed by atoms with van der Waals surface area (Å²) >= 11 is 0. The van der Waals surface area contributed by atoms with E-state index >= 15 is 0 Å². The molecule has 0 saturated carbocycles. The molecule has 6 heteroatoms. The molecule has 5 rings (SSSR count). The Bertz CT molecular complexity index is 1700. The van der Waals surface area contributed by atoms with Gasteiger partial charge in [-0.25, -0.2) is 0 Å². The molecule has 0 unspecified atom stereocenters. The van der Waals surface area contributed by atoms with Crippen LogP contribution < -0.4 is 40.0 Å². The van der Waals surface area contributed by atoms with Gasteiger partial charge >= 0.3 is 29.6 Å². The van der Waals surface area contributed by atoms with E-state index in [1.165, 1.54) is 11.1 Å². The molecule has 0 fully saturated rings. The van der Waals surface area contributed by atoms with Crippen LogP contribution >= 0.6 is 0 Å². The maximum atomic E-state index is 13.9. The van der Waals surface area contributed by atoms with E-state index in [0.29, 0.717) is 35.9 Å². The molecule has 232 valence electrons. The largest absolute Gasteiger partial charge is 1.00 e. The molecule has 0 aliphatic heterocycles. The number of aryl methyl sites for hydroxylation is 1. The smallest absolute Gasteiger partial charge is 0.550 e. The zero-order valence-corrected chi connectivity index (χ0v) is 29.8. The van der Waals surface area contributed by atoms with E-state index in [4.69, 9.17) is 0 Å². The summed E-state index contributed by atoms with van der Waals surface area (Å²) in [4.78, 5) is 24.9. The van der Waals surface area contributed by atoms with Crippen molar-refractivity contribution in [1.29, 1.82) is 0 Å². The molecule has 5 aromatic rings. The number of nitrogens with zero attached hydrogens (tertiary/aromatic N) is 1. The Morgan fingerprint density at radius 3 is 1.91 bits per heavy atom. The maximum absolute atomic E-state index is 13.9. The zero-order chi connectivity index (χ0) is 31.9. The number of aliphatic carboxylic acids is 1. The Labute approximate surface area is 295 Å². The van der Waals surface area contributed by atoms with Gasteiger partial charge in [0.25, 0.3) is 0 Å². The molecular formula is C40H43N2NaO3. The second kappa shape index (κ2) is 16.3. The topological polar surface area (TPSA) is 74.2 Å². The number of benzene rings is 4. The standard InChI is InChI=1S/C40H44N2O3.Na/c1-27(2)23-29-14-18-31(19-15-29)39(32-20-16-30(17-21-32)24-28(3)4)41-34-10-7-9-33(25-34)40(45)36-26-42(22-8-13-38(43)44)37-12-6-5-11-35(36)37;/h5-7,9-12,14-21,25-28,39,41H,8,13,22-24H2,1-4H3,(H,43,44);/q;+1/p-1. The van der Waals surface area contributed by atoms with Gasteiger partial charge in [-0.3, -0.25) is 4.79 Å². The molecule has 1 aromatic heterocycles. The van der Waals surface area contributed by atoms with Crippen molar-refractivity contribution >= 4 is 28.3 Å². The van der Waals surface area contributed by atoms with Gasteiger partial charge in [0.1, 0.15) is 0 Å². The number of carboxylic acid groups (broad SMARTS) is 1. The third-order valence-electron chi connectivity index (χ3n) is 8.16. The summed E-state index contributed by atoms with van der Waals surface area (Å²) in [5.41, 5.74) is 7.95. The molecule has 5 nitrogen and oxygen atoms in total. The van der Waals surface area contributed by atoms with E-state index in [-0.39, 0.29) is 47.8 Å². The molecule has 0 aliphatic rings. The van der Waals surface area contributed by atoms with Crippen LogP contribution in [0.3, 0.4) is 0 Å². The first-order valence-electron chi connectivity index (χ1n) is 16.0. The molecule has 0 amide bonds. The van der Waals surface area contributed by atoms with Crippen molar-refractivity contribution in [2.75, 3.05) is 5.32 Å². The number of carbonyl (C=O) groups is 2. The van der Waals surface area contributed by atoms with Crippen molar-refractivity contribution in [3.8, 4) is 0 Å². The molecule has 0 saturated heterocycles. The number of ketones is 1. The third-order valence-corrected chi connectivity index (χ3v) is 8.16.